The van der Waals surface area contributed by atoms with E-state index in [9.17, 15) is 14.9 Å². The fourth-order valence-electron chi connectivity index (χ4n) is 4.59. The van der Waals surface area contributed by atoms with Gasteiger partial charge in [0, 0.05) is 37.3 Å². The van der Waals surface area contributed by atoms with Crippen LogP contribution in [0, 0.1) is 16.7 Å². The Morgan fingerprint density at radius 1 is 1.27 bits per heavy atom. The molecule has 0 spiro atoms. The first-order chi connectivity index (χ1) is 17.6. The molecule has 1 atom stereocenters. The van der Waals surface area contributed by atoms with Crippen LogP contribution in [0.1, 0.15) is 67.6 Å². The second-order valence-electron chi connectivity index (χ2n) is 10.1. The van der Waals surface area contributed by atoms with Crippen molar-refractivity contribution in [2.45, 2.75) is 58.0 Å². The summed E-state index contributed by atoms with van der Waals surface area (Å²) in [4.78, 5) is 39.1. The minimum Gasteiger partial charge on any atom is -0.444 e. The van der Waals surface area contributed by atoms with Crippen LogP contribution in [-0.4, -0.2) is 64.5 Å². The van der Waals surface area contributed by atoms with Crippen LogP contribution in [0.4, 0.5) is 15.7 Å². The molecule has 0 unspecified atom stereocenters. The van der Waals surface area contributed by atoms with E-state index in [2.05, 4.69) is 21.4 Å². The van der Waals surface area contributed by atoms with Crippen LogP contribution in [0.2, 0.25) is 0 Å². The number of aryl methyl sites for hydroxylation is 1. The van der Waals surface area contributed by atoms with Crippen molar-refractivity contribution in [3.63, 3.8) is 0 Å². The van der Waals surface area contributed by atoms with Gasteiger partial charge in [-0.3, -0.25) is 10.2 Å². The van der Waals surface area contributed by atoms with Crippen molar-refractivity contribution in [1.82, 2.24) is 20.2 Å². The van der Waals surface area contributed by atoms with Crippen molar-refractivity contribution >= 4 is 40.1 Å². The average molecular weight is 525 g/mol. The number of nitrogens with two attached hydrogens (primary N) is 1. The van der Waals surface area contributed by atoms with E-state index in [4.69, 9.17) is 15.9 Å². The van der Waals surface area contributed by atoms with Crippen LogP contribution < -0.4 is 16.0 Å². The van der Waals surface area contributed by atoms with Gasteiger partial charge in [0.05, 0.1) is 11.5 Å². The van der Waals surface area contributed by atoms with E-state index in [1.807, 2.05) is 25.7 Å². The van der Waals surface area contributed by atoms with Gasteiger partial charge in [0.2, 0.25) is 11.9 Å². The Morgan fingerprint density at radius 3 is 2.78 bits per heavy atom. The molecule has 11 nitrogen and oxygen atoms in total. The lowest BCUT2D eigenvalue weighted by molar-refractivity contribution is -0.121. The van der Waals surface area contributed by atoms with Crippen LogP contribution in [-0.2, 0) is 16.0 Å². The lowest BCUT2D eigenvalue weighted by Crippen LogP contribution is -2.39. The third kappa shape index (κ3) is 5.99. The Labute approximate surface area is 220 Å². The monoisotopic (exact) mass is 524 g/mol. The molecule has 1 fully saturated rings. The summed E-state index contributed by atoms with van der Waals surface area (Å²) >= 11 is 1.36. The normalized spacial score (nSPS) is 17.8. The topological polar surface area (TPSA) is 161 Å². The Hall–Kier alpha value is -3.72. The molecule has 4 rings (SSSR count). The molecule has 3 heterocycles. The fraction of sp³-hybridized carbons (Fsp3) is 0.520. The van der Waals surface area contributed by atoms with Crippen molar-refractivity contribution in [2.75, 3.05) is 36.8 Å². The molecule has 196 valence electrons. The Bertz CT molecular complexity index is 1250. The van der Waals surface area contributed by atoms with Crippen LogP contribution >= 0.6 is 11.3 Å². The molecule has 1 aliphatic carbocycles. The summed E-state index contributed by atoms with van der Waals surface area (Å²) in [5, 5.41) is 21.2. The highest BCUT2D eigenvalue weighted by molar-refractivity contribution is 7.16. The van der Waals surface area contributed by atoms with Gasteiger partial charge in [0.25, 0.3) is 0 Å². The number of ether oxygens (including phenoxy) is 1. The van der Waals surface area contributed by atoms with E-state index in [1.165, 1.54) is 11.3 Å². The zero-order valence-corrected chi connectivity index (χ0v) is 22.2. The lowest BCUT2D eigenvalue weighted by Gasteiger charge is -2.26. The lowest BCUT2D eigenvalue weighted by atomic mass is 9.84. The van der Waals surface area contributed by atoms with Gasteiger partial charge in [-0.25, -0.2) is 14.8 Å². The predicted molar refractivity (Wildman–Crippen MR) is 141 cm³/mol. The number of nitrogen functional groups attached to an aromatic ring is 1. The first-order valence-corrected chi connectivity index (χ1v) is 13.2. The first-order valence-electron chi connectivity index (χ1n) is 12.3. The molecule has 2 aromatic rings. The van der Waals surface area contributed by atoms with Crippen LogP contribution in [0.3, 0.4) is 0 Å². The summed E-state index contributed by atoms with van der Waals surface area (Å²) in [5.74, 6) is -0.575. The number of nitrogens with zero attached hydrogens (tertiary/aromatic N) is 5. The van der Waals surface area contributed by atoms with Gasteiger partial charge in [-0.1, -0.05) is 0 Å². The molecular weight excluding hydrogens is 492 g/mol. The van der Waals surface area contributed by atoms with Crippen molar-refractivity contribution in [3.8, 4) is 6.07 Å². The van der Waals surface area contributed by atoms with Crippen molar-refractivity contribution in [1.29, 1.82) is 10.7 Å². The summed E-state index contributed by atoms with van der Waals surface area (Å²) in [5.41, 5.74) is 6.81. The molecule has 1 saturated heterocycles. The number of thiophene rings is 1. The number of carbonyl (C=O) groups excluding carboxylic acids is 2. The zero-order valence-electron chi connectivity index (χ0n) is 21.3. The van der Waals surface area contributed by atoms with E-state index >= 15 is 0 Å². The van der Waals surface area contributed by atoms with Gasteiger partial charge in [0.1, 0.15) is 22.4 Å². The largest absolute Gasteiger partial charge is 0.444 e. The summed E-state index contributed by atoms with van der Waals surface area (Å²) in [7, 11) is 0. The number of amides is 2. The van der Waals surface area contributed by atoms with Gasteiger partial charge < -0.3 is 25.6 Å². The van der Waals surface area contributed by atoms with Gasteiger partial charge in [-0.05, 0) is 58.1 Å². The molecule has 2 aliphatic rings. The van der Waals surface area contributed by atoms with Crippen LogP contribution in [0.5, 0.6) is 0 Å². The number of anilines is 2. The highest BCUT2D eigenvalue weighted by Gasteiger charge is 2.33. The second kappa shape index (κ2) is 10.7. The Morgan fingerprint density at radius 2 is 2.05 bits per heavy atom. The molecule has 0 aromatic carbocycles. The summed E-state index contributed by atoms with van der Waals surface area (Å²) in [6.45, 7) is 7.71. The number of nitrogens with one attached hydrogen (secondary N) is 2. The first kappa shape index (κ1) is 26.3. The highest BCUT2D eigenvalue weighted by Crippen LogP contribution is 2.42. The maximum atomic E-state index is 13.2. The van der Waals surface area contributed by atoms with Crippen molar-refractivity contribution < 1.29 is 14.3 Å². The molecule has 2 aromatic heterocycles. The minimum atomic E-state index is -0.559. The number of hydrogen-bond acceptors (Lipinski definition) is 10. The van der Waals surface area contributed by atoms with Crippen LogP contribution in [0.25, 0.3) is 0 Å². The van der Waals surface area contributed by atoms with Gasteiger partial charge in [-0.15, -0.1) is 11.3 Å². The minimum absolute atomic E-state index is 0.132. The van der Waals surface area contributed by atoms with Gasteiger partial charge in [-0.2, -0.15) is 5.26 Å². The third-order valence-electron chi connectivity index (χ3n) is 6.30. The second-order valence-corrected chi connectivity index (χ2v) is 11.3. The summed E-state index contributed by atoms with van der Waals surface area (Å²) in [6.07, 6.45) is 4.14. The van der Waals surface area contributed by atoms with E-state index in [0.717, 1.165) is 24.1 Å². The molecule has 2 amide bonds. The van der Waals surface area contributed by atoms with Gasteiger partial charge in [0.15, 0.2) is 5.84 Å². The zero-order chi connectivity index (χ0) is 26.7. The number of amidine groups is 1. The van der Waals surface area contributed by atoms with Gasteiger partial charge >= 0.3 is 6.09 Å². The Balaban J connectivity index is 1.43. The molecule has 0 radical (unpaired) electrons. The average Bonchev–Trinajstić information content (AvgIpc) is 3.01. The standard InChI is InChI=1S/C25H32N8O3S/c1-25(2,3)36-24(35)33-11-5-10-32(12-13-33)23-29-9-8-17(30-23)20(27)31-22(34)15-6-4-7-18-19(15)16(14-26)21(28)37-18/h8-9,15H,4-7,10-13,28H2,1-3H3,(H2,27,31,34)/t15-/m0/s1. The molecule has 0 saturated carbocycles. The van der Waals surface area contributed by atoms with E-state index in [0.29, 0.717) is 54.7 Å². The van der Waals surface area contributed by atoms with E-state index in [-0.39, 0.29) is 23.5 Å². The van der Waals surface area contributed by atoms with Crippen molar-refractivity contribution in [3.05, 3.63) is 34.0 Å². The number of aromatic nitrogens is 2. The summed E-state index contributed by atoms with van der Waals surface area (Å²) in [6, 6.07) is 3.71. The Kier molecular flexibility index (Phi) is 7.63. The number of nitriles is 1. The molecule has 37 heavy (non-hydrogen) atoms. The number of hydrogen-bond donors (Lipinski definition) is 3. The third-order valence-corrected chi connectivity index (χ3v) is 7.39. The number of carbonyl (C=O) groups is 2. The molecular formula is C25H32N8O3S. The maximum absolute atomic E-state index is 13.2. The van der Waals surface area contributed by atoms with E-state index < -0.39 is 11.5 Å². The molecule has 1 aliphatic heterocycles. The molecule has 0 bridgehead atoms. The quantitative estimate of drug-likeness (QED) is 0.408. The number of rotatable bonds is 3. The number of fused-ring (bicyclic) bond motifs is 1. The fourth-order valence-corrected chi connectivity index (χ4v) is 5.72. The summed E-state index contributed by atoms with van der Waals surface area (Å²) < 4.78 is 5.49. The smallest absolute Gasteiger partial charge is 0.410 e. The van der Waals surface area contributed by atoms with E-state index in [1.54, 1.807) is 17.2 Å². The maximum Gasteiger partial charge on any atom is 0.410 e. The molecule has 12 heteroatoms. The van der Waals surface area contributed by atoms with Crippen LogP contribution in [0.15, 0.2) is 12.3 Å². The van der Waals surface area contributed by atoms with Crippen molar-refractivity contribution in [2.24, 2.45) is 0 Å². The molecule has 4 N–H and O–H groups in total. The highest BCUT2D eigenvalue weighted by atomic mass is 32.1. The SMILES string of the molecule is CC(C)(C)OC(=O)N1CCCN(c2nccc(C(=N)NC(=O)[C@H]3CCCc4sc(N)c(C#N)c43)n2)CC1. The predicted octanol–water partition coefficient (Wildman–Crippen LogP) is 3.00.